The second-order valence-corrected chi connectivity index (χ2v) is 5.96. The number of nitrogens with one attached hydrogen (secondary N) is 1. The normalized spacial score (nSPS) is 12.4. The molecule has 1 atom stereocenters. The molecule has 0 aliphatic heterocycles. The maximum Gasteiger partial charge on any atom is 0.188 e. The molecular weight excluding hydrogens is 473 g/mol. The van der Waals surface area contributed by atoms with Crippen molar-refractivity contribution in [3.05, 3.63) is 28.7 Å². The van der Waals surface area contributed by atoms with E-state index in [1.807, 2.05) is 24.3 Å². The molecule has 0 saturated carbocycles. The average Bonchev–Trinajstić information content (AvgIpc) is 2.52. The molecule has 0 heterocycles. The summed E-state index contributed by atoms with van der Waals surface area (Å²) in [6, 6.07) is 7.52. The lowest BCUT2D eigenvalue weighted by atomic mass is 10.2. The van der Waals surface area contributed by atoms with Crippen LogP contribution in [0.5, 0.6) is 5.75 Å². The number of para-hydroxylation sites is 1. The highest BCUT2D eigenvalue weighted by atomic mass is 127. The van der Waals surface area contributed by atoms with Gasteiger partial charge in [-0.2, -0.15) is 0 Å². The van der Waals surface area contributed by atoms with E-state index in [0.717, 1.165) is 17.4 Å². The van der Waals surface area contributed by atoms with E-state index in [0.29, 0.717) is 11.7 Å². The van der Waals surface area contributed by atoms with Gasteiger partial charge in [0.15, 0.2) is 5.96 Å². The molecule has 7 heteroatoms. The number of nitrogens with two attached hydrogens (primary N) is 1. The summed E-state index contributed by atoms with van der Waals surface area (Å²) in [5.74, 6) is 1.07. The molecule has 0 fully saturated rings. The summed E-state index contributed by atoms with van der Waals surface area (Å²) in [7, 11) is 0. The van der Waals surface area contributed by atoms with Crippen LogP contribution in [-0.2, 0) is 0 Å². The molecule has 23 heavy (non-hydrogen) atoms. The Morgan fingerprint density at radius 2 is 2.09 bits per heavy atom. The Morgan fingerprint density at radius 1 is 1.35 bits per heavy atom. The second kappa shape index (κ2) is 13.9. The van der Waals surface area contributed by atoms with Gasteiger partial charge in [-0.05, 0) is 34.5 Å². The quantitative estimate of drug-likeness (QED) is 0.200. The van der Waals surface area contributed by atoms with Crippen LogP contribution in [0.2, 0.25) is 0 Å². The number of unbranched alkanes of at least 4 members (excludes halogenated alkanes) is 3. The van der Waals surface area contributed by atoms with Crippen LogP contribution in [0, 0.1) is 0 Å². The van der Waals surface area contributed by atoms with E-state index < -0.39 is 6.10 Å². The molecule has 4 N–H and O–H groups in total. The number of benzene rings is 1. The van der Waals surface area contributed by atoms with Gasteiger partial charge in [-0.15, -0.1) is 24.0 Å². The van der Waals surface area contributed by atoms with Gasteiger partial charge in [0.2, 0.25) is 0 Å². The van der Waals surface area contributed by atoms with Gasteiger partial charge in [-0.3, -0.25) is 4.99 Å². The molecule has 1 rings (SSSR count). The highest BCUT2D eigenvalue weighted by molar-refractivity contribution is 14.0. The summed E-state index contributed by atoms with van der Waals surface area (Å²) in [6.07, 6.45) is 4.04. The standard InChI is InChI=1S/C16H26BrN3O2.HI/c1-2-3-4-7-10-19-16(18)20-11-13(21)12-22-15-9-6-5-8-14(15)17;/h5-6,8-9,13,21H,2-4,7,10-12H2,1H3,(H3,18,19,20);1H. The third-order valence-corrected chi connectivity index (χ3v) is 3.73. The topological polar surface area (TPSA) is 79.9 Å². The molecule has 1 aromatic rings. The van der Waals surface area contributed by atoms with Crippen molar-refractivity contribution in [2.24, 2.45) is 10.7 Å². The van der Waals surface area contributed by atoms with Crippen LogP contribution in [0.3, 0.4) is 0 Å². The van der Waals surface area contributed by atoms with Crippen LogP contribution in [0.1, 0.15) is 32.6 Å². The second-order valence-electron chi connectivity index (χ2n) is 5.11. The van der Waals surface area contributed by atoms with Gasteiger partial charge in [0.25, 0.3) is 0 Å². The number of hydrogen-bond acceptors (Lipinski definition) is 3. The summed E-state index contributed by atoms with van der Waals surface area (Å²) >= 11 is 3.39. The van der Waals surface area contributed by atoms with Gasteiger partial charge in [-0.25, -0.2) is 0 Å². The van der Waals surface area contributed by atoms with Gasteiger partial charge >= 0.3 is 0 Å². The van der Waals surface area contributed by atoms with Crippen molar-refractivity contribution in [1.29, 1.82) is 0 Å². The highest BCUT2D eigenvalue weighted by Crippen LogP contribution is 2.23. The number of halogens is 2. The van der Waals surface area contributed by atoms with Crippen molar-refractivity contribution in [2.75, 3.05) is 19.7 Å². The molecule has 132 valence electrons. The summed E-state index contributed by atoms with van der Waals surface area (Å²) in [4.78, 5) is 4.12. The molecule has 0 saturated heterocycles. The molecule has 0 spiro atoms. The van der Waals surface area contributed by atoms with E-state index in [9.17, 15) is 5.11 Å². The smallest absolute Gasteiger partial charge is 0.188 e. The Hall–Kier alpha value is -0.540. The first-order valence-electron chi connectivity index (χ1n) is 7.72. The van der Waals surface area contributed by atoms with Gasteiger partial charge in [-0.1, -0.05) is 38.3 Å². The zero-order valence-electron chi connectivity index (χ0n) is 13.5. The third kappa shape index (κ3) is 10.8. The Balaban J connectivity index is 0.00000484. The first-order chi connectivity index (χ1) is 10.6. The molecule has 0 bridgehead atoms. The van der Waals surface area contributed by atoms with Gasteiger partial charge in [0.1, 0.15) is 18.5 Å². The number of aliphatic hydroxyl groups excluding tert-OH is 1. The van der Waals surface area contributed by atoms with Crippen LogP contribution < -0.4 is 15.8 Å². The number of guanidine groups is 1. The van der Waals surface area contributed by atoms with E-state index >= 15 is 0 Å². The molecular formula is C16H27BrIN3O2. The third-order valence-electron chi connectivity index (χ3n) is 3.08. The van der Waals surface area contributed by atoms with E-state index in [-0.39, 0.29) is 37.1 Å². The number of ether oxygens (including phenoxy) is 1. The molecule has 1 unspecified atom stereocenters. The van der Waals surface area contributed by atoms with Gasteiger partial charge in [0.05, 0.1) is 11.0 Å². The van der Waals surface area contributed by atoms with Crippen LogP contribution in [0.4, 0.5) is 0 Å². The van der Waals surface area contributed by atoms with Crippen molar-refractivity contribution >= 4 is 45.9 Å². The minimum atomic E-state index is -0.687. The van der Waals surface area contributed by atoms with Crippen molar-refractivity contribution in [3.63, 3.8) is 0 Å². The summed E-state index contributed by atoms with van der Waals surface area (Å²) in [5, 5.41) is 12.9. The lowest BCUT2D eigenvalue weighted by Gasteiger charge is -2.12. The zero-order valence-corrected chi connectivity index (χ0v) is 17.4. The molecule has 0 aliphatic carbocycles. The summed E-state index contributed by atoms with van der Waals surface area (Å²) in [5.41, 5.74) is 5.75. The Kier molecular flexibility index (Phi) is 13.5. The lowest BCUT2D eigenvalue weighted by Crippen LogP contribution is -2.34. The lowest BCUT2D eigenvalue weighted by molar-refractivity contribution is 0.114. The predicted molar refractivity (Wildman–Crippen MR) is 110 cm³/mol. The van der Waals surface area contributed by atoms with E-state index in [1.54, 1.807) is 0 Å². The van der Waals surface area contributed by atoms with Crippen molar-refractivity contribution in [1.82, 2.24) is 5.32 Å². The predicted octanol–water partition coefficient (Wildman–Crippen LogP) is 3.29. The van der Waals surface area contributed by atoms with Crippen LogP contribution in [0.25, 0.3) is 0 Å². The van der Waals surface area contributed by atoms with Crippen LogP contribution in [0.15, 0.2) is 33.7 Å². The minimum Gasteiger partial charge on any atom is -0.490 e. The monoisotopic (exact) mass is 499 g/mol. The largest absolute Gasteiger partial charge is 0.490 e. The van der Waals surface area contributed by atoms with E-state index in [2.05, 4.69) is 33.2 Å². The number of nitrogens with zero attached hydrogens (tertiary/aromatic N) is 1. The first kappa shape index (κ1) is 22.5. The molecule has 0 radical (unpaired) electrons. The SMILES string of the molecule is CCCCCCNC(N)=NCC(O)COc1ccccc1Br.I. The Bertz CT molecular complexity index is 461. The number of aliphatic hydroxyl groups is 1. The number of rotatable bonds is 10. The highest BCUT2D eigenvalue weighted by Gasteiger charge is 2.06. The fraction of sp³-hybridized carbons (Fsp3) is 0.562. The Morgan fingerprint density at radius 3 is 2.78 bits per heavy atom. The molecule has 0 aromatic heterocycles. The van der Waals surface area contributed by atoms with Gasteiger partial charge in [0, 0.05) is 6.54 Å². The van der Waals surface area contributed by atoms with Crippen molar-refractivity contribution < 1.29 is 9.84 Å². The zero-order chi connectivity index (χ0) is 16.2. The molecule has 5 nitrogen and oxygen atoms in total. The maximum atomic E-state index is 9.86. The molecule has 0 amide bonds. The Labute approximate surface area is 164 Å². The average molecular weight is 500 g/mol. The number of aliphatic imine (C=N–C) groups is 1. The summed E-state index contributed by atoms with van der Waals surface area (Å²) < 4.78 is 6.39. The van der Waals surface area contributed by atoms with Gasteiger partial charge < -0.3 is 20.9 Å². The number of hydrogen-bond donors (Lipinski definition) is 3. The first-order valence-corrected chi connectivity index (χ1v) is 8.52. The van der Waals surface area contributed by atoms with Crippen LogP contribution in [-0.4, -0.2) is 36.9 Å². The minimum absolute atomic E-state index is 0. The van der Waals surface area contributed by atoms with Crippen molar-refractivity contribution in [3.8, 4) is 5.75 Å². The van der Waals surface area contributed by atoms with E-state index in [1.165, 1.54) is 19.3 Å². The maximum absolute atomic E-state index is 9.86. The molecule has 0 aliphatic rings. The summed E-state index contributed by atoms with van der Waals surface area (Å²) in [6.45, 7) is 3.40. The van der Waals surface area contributed by atoms with E-state index in [4.69, 9.17) is 10.5 Å². The van der Waals surface area contributed by atoms with Crippen molar-refractivity contribution in [2.45, 2.75) is 38.7 Å². The molecule has 1 aromatic carbocycles. The van der Waals surface area contributed by atoms with Crippen LogP contribution >= 0.6 is 39.9 Å². The fourth-order valence-corrected chi connectivity index (χ4v) is 2.23. The fourth-order valence-electron chi connectivity index (χ4n) is 1.83.